The van der Waals surface area contributed by atoms with Crippen LogP contribution in [0.4, 0.5) is 5.69 Å². The number of amidine groups is 1. The average molecular weight is 234 g/mol. The van der Waals surface area contributed by atoms with E-state index in [2.05, 4.69) is 9.88 Å². The predicted octanol–water partition coefficient (Wildman–Crippen LogP) is 0.979. The van der Waals surface area contributed by atoms with E-state index in [1.807, 2.05) is 26.0 Å². The van der Waals surface area contributed by atoms with E-state index in [9.17, 15) is 0 Å². The topological polar surface area (TPSA) is 75.2 Å². The summed E-state index contributed by atoms with van der Waals surface area (Å²) in [6, 6.07) is 3.82. The van der Waals surface area contributed by atoms with Crippen LogP contribution in [0.1, 0.15) is 19.5 Å². The highest BCUT2D eigenvalue weighted by Gasteiger charge is 2.24. The third-order valence-electron chi connectivity index (χ3n) is 2.80. The summed E-state index contributed by atoms with van der Waals surface area (Å²) in [5.74, 6) is 0.00685. The van der Waals surface area contributed by atoms with E-state index in [4.69, 9.17) is 15.9 Å². The van der Waals surface area contributed by atoms with Gasteiger partial charge in [0, 0.05) is 19.3 Å². The summed E-state index contributed by atoms with van der Waals surface area (Å²) in [5.41, 5.74) is 7.02. The van der Waals surface area contributed by atoms with E-state index in [0.29, 0.717) is 5.69 Å². The molecule has 3 N–H and O–H groups in total. The SMILES string of the molecule is CC1CN(c2cccnc2C(=N)N)CC(C)O1. The number of nitrogens with one attached hydrogen (secondary N) is 1. The van der Waals surface area contributed by atoms with Crippen molar-refractivity contribution in [2.24, 2.45) is 5.73 Å². The second kappa shape index (κ2) is 4.71. The molecule has 92 valence electrons. The van der Waals surface area contributed by atoms with Gasteiger partial charge in [0.1, 0.15) is 11.5 Å². The van der Waals surface area contributed by atoms with Crippen LogP contribution in [0.15, 0.2) is 18.3 Å². The second-order valence-electron chi connectivity index (χ2n) is 4.45. The van der Waals surface area contributed by atoms with Gasteiger partial charge in [-0.05, 0) is 26.0 Å². The Hall–Kier alpha value is -1.62. The summed E-state index contributed by atoms with van der Waals surface area (Å²) in [4.78, 5) is 6.35. The van der Waals surface area contributed by atoms with Crippen LogP contribution >= 0.6 is 0 Å². The molecule has 5 nitrogen and oxygen atoms in total. The Balaban J connectivity index is 2.30. The van der Waals surface area contributed by atoms with Crippen LogP contribution in [-0.2, 0) is 4.74 Å². The summed E-state index contributed by atoms with van der Waals surface area (Å²) in [5, 5.41) is 7.55. The van der Waals surface area contributed by atoms with Crippen LogP contribution in [0, 0.1) is 5.41 Å². The lowest BCUT2D eigenvalue weighted by Gasteiger charge is -2.37. The highest BCUT2D eigenvalue weighted by molar-refractivity contribution is 5.98. The summed E-state index contributed by atoms with van der Waals surface area (Å²) < 4.78 is 5.69. The molecular formula is C12H18N4O. The fraction of sp³-hybridized carbons (Fsp3) is 0.500. The lowest BCUT2D eigenvalue weighted by Crippen LogP contribution is -2.46. The van der Waals surface area contributed by atoms with E-state index in [1.165, 1.54) is 0 Å². The van der Waals surface area contributed by atoms with Crippen molar-refractivity contribution in [1.82, 2.24) is 4.98 Å². The van der Waals surface area contributed by atoms with Gasteiger partial charge in [0.15, 0.2) is 0 Å². The van der Waals surface area contributed by atoms with E-state index in [0.717, 1.165) is 18.8 Å². The molecule has 0 amide bonds. The van der Waals surface area contributed by atoms with Crippen LogP contribution in [0.2, 0.25) is 0 Å². The normalized spacial score (nSPS) is 24.7. The van der Waals surface area contributed by atoms with Crippen molar-refractivity contribution in [2.45, 2.75) is 26.1 Å². The van der Waals surface area contributed by atoms with Crippen LogP contribution in [0.3, 0.4) is 0 Å². The molecule has 0 aromatic carbocycles. The van der Waals surface area contributed by atoms with Gasteiger partial charge in [0.05, 0.1) is 17.9 Å². The van der Waals surface area contributed by atoms with Crippen molar-refractivity contribution in [3.63, 3.8) is 0 Å². The first-order valence-corrected chi connectivity index (χ1v) is 5.77. The molecule has 1 aliphatic heterocycles. The number of ether oxygens (including phenoxy) is 1. The van der Waals surface area contributed by atoms with E-state index >= 15 is 0 Å². The number of hydrogen-bond donors (Lipinski definition) is 2. The highest BCUT2D eigenvalue weighted by Crippen LogP contribution is 2.22. The number of rotatable bonds is 2. The van der Waals surface area contributed by atoms with E-state index in [1.54, 1.807) is 6.20 Å². The van der Waals surface area contributed by atoms with Gasteiger partial charge < -0.3 is 15.4 Å². The fourth-order valence-electron chi connectivity index (χ4n) is 2.23. The third-order valence-corrected chi connectivity index (χ3v) is 2.80. The zero-order chi connectivity index (χ0) is 12.4. The van der Waals surface area contributed by atoms with Gasteiger partial charge in [-0.2, -0.15) is 0 Å². The molecule has 1 saturated heterocycles. The zero-order valence-corrected chi connectivity index (χ0v) is 10.2. The summed E-state index contributed by atoms with van der Waals surface area (Å²) in [6.07, 6.45) is 2.02. The Labute approximate surface area is 101 Å². The van der Waals surface area contributed by atoms with Crippen LogP contribution in [-0.4, -0.2) is 36.1 Å². The third kappa shape index (κ3) is 2.55. The average Bonchev–Trinajstić information content (AvgIpc) is 2.27. The van der Waals surface area contributed by atoms with E-state index in [-0.39, 0.29) is 18.0 Å². The maximum absolute atomic E-state index is 7.55. The largest absolute Gasteiger partial charge is 0.382 e. The van der Waals surface area contributed by atoms with Gasteiger partial charge in [0.2, 0.25) is 0 Å². The first kappa shape index (κ1) is 11.9. The van der Waals surface area contributed by atoms with Gasteiger partial charge >= 0.3 is 0 Å². The Kier molecular flexibility index (Phi) is 3.28. The Bertz CT molecular complexity index is 411. The minimum absolute atomic E-state index is 0.00685. The number of nitrogen functional groups attached to an aromatic ring is 1. The van der Waals surface area contributed by atoms with Crippen molar-refractivity contribution < 1.29 is 4.74 Å². The molecule has 2 atom stereocenters. The van der Waals surface area contributed by atoms with Crippen LogP contribution < -0.4 is 10.6 Å². The summed E-state index contributed by atoms with van der Waals surface area (Å²) >= 11 is 0. The van der Waals surface area contributed by atoms with Crippen LogP contribution in [0.25, 0.3) is 0 Å². The van der Waals surface area contributed by atoms with Gasteiger partial charge in [-0.15, -0.1) is 0 Å². The quantitative estimate of drug-likeness (QED) is 0.591. The van der Waals surface area contributed by atoms with Crippen LogP contribution in [0.5, 0.6) is 0 Å². The molecule has 0 spiro atoms. The first-order valence-electron chi connectivity index (χ1n) is 5.77. The molecule has 2 heterocycles. The summed E-state index contributed by atoms with van der Waals surface area (Å²) in [6.45, 7) is 5.70. The molecule has 0 aliphatic carbocycles. The molecule has 2 rings (SSSR count). The number of pyridine rings is 1. The Morgan fingerprint density at radius 3 is 2.71 bits per heavy atom. The number of anilines is 1. The van der Waals surface area contributed by atoms with Gasteiger partial charge in [0.25, 0.3) is 0 Å². The van der Waals surface area contributed by atoms with Gasteiger partial charge in [-0.25, -0.2) is 0 Å². The molecule has 1 aliphatic rings. The van der Waals surface area contributed by atoms with E-state index < -0.39 is 0 Å². The number of nitrogens with zero attached hydrogens (tertiary/aromatic N) is 2. The number of morpholine rings is 1. The number of hydrogen-bond acceptors (Lipinski definition) is 4. The van der Waals surface area contributed by atoms with Crippen molar-refractivity contribution in [1.29, 1.82) is 5.41 Å². The lowest BCUT2D eigenvalue weighted by atomic mass is 10.1. The summed E-state index contributed by atoms with van der Waals surface area (Å²) in [7, 11) is 0. The maximum atomic E-state index is 7.55. The predicted molar refractivity (Wildman–Crippen MR) is 67.5 cm³/mol. The maximum Gasteiger partial charge on any atom is 0.143 e. The van der Waals surface area contributed by atoms with Crippen molar-refractivity contribution in [3.05, 3.63) is 24.0 Å². The van der Waals surface area contributed by atoms with Gasteiger partial charge in [-0.1, -0.05) is 0 Å². The first-order chi connectivity index (χ1) is 8.08. The zero-order valence-electron chi connectivity index (χ0n) is 10.2. The standard InChI is InChI=1S/C12H18N4O/c1-8-6-16(7-9(2)17-8)10-4-3-5-15-11(10)12(13)14/h3-5,8-9H,6-7H2,1-2H3,(H3,13,14). The minimum Gasteiger partial charge on any atom is -0.382 e. The number of nitrogens with two attached hydrogens (primary N) is 1. The smallest absolute Gasteiger partial charge is 0.143 e. The molecule has 1 aromatic rings. The molecule has 2 unspecified atom stereocenters. The minimum atomic E-state index is 0.00685. The monoisotopic (exact) mass is 234 g/mol. The molecule has 1 aromatic heterocycles. The Morgan fingerprint density at radius 1 is 1.47 bits per heavy atom. The van der Waals surface area contributed by atoms with Crippen molar-refractivity contribution in [2.75, 3.05) is 18.0 Å². The van der Waals surface area contributed by atoms with Crippen molar-refractivity contribution >= 4 is 11.5 Å². The molecule has 0 radical (unpaired) electrons. The second-order valence-corrected chi connectivity index (χ2v) is 4.45. The molecule has 17 heavy (non-hydrogen) atoms. The molecular weight excluding hydrogens is 216 g/mol. The molecule has 0 saturated carbocycles. The number of aromatic nitrogens is 1. The van der Waals surface area contributed by atoms with Crippen molar-refractivity contribution in [3.8, 4) is 0 Å². The highest BCUT2D eigenvalue weighted by atomic mass is 16.5. The lowest BCUT2D eigenvalue weighted by molar-refractivity contribution is -0.00524. The molecule has 1 fully saturated rings. The fourth-order valence-corrected chi connectivity index (χ4v) is 2.23. The van der Waals surface area contributed by atoms with Gasteiger partial charge in [-0.3, -0.25) is 10.4 Å². The Morgan fingerprint density at radius 2 is 2.12 bits per heavy atom. The molecule has 5 heteroatoms. The molecule has 0 bridgehead atoms.